The first kappa shape index (κ1) is 19.0. The second kappa shape index (κ2) is 6.92. The number of aromatic amines is 1. The van der Waals surface area contributed by atoms with Crippen molar-refractivity contribution in [2.24, 2.45) is 34.6 Å². The molecule has 3 saturated carbocycles. The zero-order valence-electron chi connectivity index (χ0n) is 16.8. The summed E-state index contributed by atoms with van der Waals surface area (Å²) in [6, 6.07) is 1.84. The van der Waals surface area contributed by atoms with E-state index >= 15 is 0 Å². The highest BCUT2D eigenvalue weighted by molar-refractivity contribution is 6.31. The summed E-state index contributed by atoms with van der Waals surface area (Å²) < 4.78 is 14.7. The number of hydrogen-bond acceptors (Lipinski definition) is 4. The van der Waals surface area contributed by atoms with Crippen LogP contribution < -0.4 is 0 Å². The Morgan fingerprint density at radius 1 is 1.26 bits per heavy atom. The van der Waals surface area contributed by atoms with E-state index in [9.17, 15) is 14.4 Å². The second-order valence-electron chi connectivity index (χ2n) is 9.17. The molecule has 0 amide bonds. The molecule has 3 fully saturated rings. The van der Waals surface area contributed by atoms with Crippen LogP contribution in [-0.2, 0) is 4.79 Å². The third-order valence-electron chi connectivity index (χ3n) is 7.64. The highest BCUT2D eigenvalue weighted by atomic mass is 35.5. The maximum atomic E-state index is 14.7. The monoisotopic (exact) mass is 440 g/mol. The van der Waals surface area contributed by atoms with Gasteiger partial charge in [-0.25, -0.2) is 10.1 Å². The Bertz CT molecular complexity index is 1180. The maximum Gasteiger partial charge on any atom is 0.307 e. The van der Waals surface area contributed by atoms with E-state index in [-0.39, 0.29) is 24.3 Å². The number of fused-ring (bicyclic) bond motifs is 5. The molecule has 3 atom stereocenters. The number of carbonyl (C=O) groups is 1. The van der Waals surface area contributed by atoms with E-state index < -0.39 is 11.9 Å². The van der Waals surface area contributed by atoms with Crippen LogP contribution in [-0.4, -0.2) is 38.4 Å². The normalized spacial score (nSPS) is 32.0. The Morgan fingerprint density at radius 2 is 2.03 bits per heavy atom. The molecule has 2 N–H and O–H groups in total. The van der Waals surface area contributed by atoms with Crippen molar-refractivity contribution in [2.75, 3.05) is 6.54 Å². The first-order chi connectivity index (χ1) is 15.0. The zero-order chi connectivity index (χ0) is 21.3. The zero-order valence-corrected chi connectivity index (χ0v) is 17.5. The fourth-order valence-corrected chi connectivity index (χ4v) is 6.56. The van der Waals surface area contributed by atoms with E-state index in [4.69, 9.17) is 16.6 Å². The Morgan fingerprint density at radius 3 is 2.81 bits per heavy atom. The number of aliphatic carboxylic acids is 1. The molecular weight excluding hydrogens is 419 g/mol. The van der Waals surface area contributed by atoms with E-state index in [0.29, 0.717) is 21.7 Å². The first-order valence-corrected chi connectivity index (χ1v) is 11.2. The minimum absolute atomic E-state index is 0.0856. The lowest BCUT2D eigenvalue weighted by molar-refractivity contribution is -0.154. The quantitative estimate of drug-likeness (QED) is 0.668. The van der Waals surface area contributed by atoms with Gasteiger partial charge in [0.1, 0.15) is 5.65 Å². The second-order valence-corrected chi connectivity index (χ2v) is 9.60. The average Bonchev–Trinajstić information content (AvgIpc) is 3.36. The van der Waals surface area contributed by atoms with E-state index in [1.165, 1.54) is 6.20 Å². The molecule has 0 spiro atoms. The summed E-state index contributed by atoms with van der Waals surface area (Å²) >= 11 is 6.15. The SMILES string of the molecule is O=C(O)C1C2CCC(CC2)C1C1CN(F)C=C2C=C(c3c[nH]c4ncc(Cl)cc34)N=C21. The molecule has 0 aromatic carbocycles. The lowest BCUT2D eigenvalue weighted by atomic mass is 9.54. The molecule has 4 heterocycles. The van der Waals surface area contributed by atoms with Gasteiger partial charge in [-0.15, -0.1) is 4.48 Å². The molecule has 8 heteroatoms. The predicted octanol–water partition coefficient (Wildman–Crippen LogP) is 4.85. The molecule has 0 saturated heterocycles. The van der Waals surface area contributed by atoms with E-state index in [0.717, 1.165) is 53.6 Å². The fraction of sp³-hybridized carbons (Fsp3) is 0.435. The van der Waals surface area contributed by atoms with Crippen LogP contribution in [0.4, 0.5) is 4.48 Å². The number of carboxylic acid groups (broad SMARTS) is 1. The van der Waals surface area contributed by atoms with Crippen molar-refractivity contribution in [1.82, 2.24) is 15.1 Å². The lowest BCUT2D eigenvalue weighted by Gasteiger charge is -2.50. The molecule has 160 valence electrons. The van der Waals surface area contributed by atoms with Gasteiger partial charge in [-0.05, 0) is 55.6 Å². The van der Waals surface area contributed by atoms with Crippen molar-refractivity contribution < 1.29 is 14.4 Å². The minimum atomic E-state index is -0.745. The number of pyridine rings is 1. The standard InChI is InChI=1S/C23H22ClFN4O2/c24-14-6-15-16(8-27-22(15)26-7-14)18-5-13-9-29(25)10-17(21(13)28-18)19-11-1-3-12(4-2-11)20(19)23(30)31/h5-9,11-12,17,19-20H,1-4,10H2,(H,26,27)(H,30,31). The number of allylic oxidation sites excluding steroid dienone is 2. The molecule has 6 nitrogen and oxygen atoms in total. The van der Waals surface area contributed by atoms with Crippen LogP contribution in [0.15, 0.2) is 41.3 Å². The number of carboxylic acids is 1. The maximum absolute atomic E-state index is 14.7. The third kappa shape index (κ3) is 2.93. The van der Waals surface area contributed by atoms with E-state index in [2.05, 4.69) is 9.97 Å². The van der Waals surface area contributed by atoms with Crippen molar-refractivity contribution in [2.45, 2.75) is 25.7 Å². The van der Waals surface area contributed by atoms with Crippen LogP contribution >= 0.6 is 11.6 Å². The Labute approximate surface area is 183 Å². The summed E-state index contributed by atoms with van der Waals surface area (Å²) in [5.41, 5.74) is 3.84. The average molecular weight is 441 g/mol. The molecule has 0 radical (unpaired) electrons. The van der Waals surface area contributed by atoms with Crippen LogP contribution in [0.1, 0.15) is 31.2 Å². The summed E-state index contributed by atoms with van der Waals surface area (Å²) in [6.45, 7) is 0.155. The van der Waals surface area contributed by atoms with Gasteiger partial charge in [0.05, 0.1) is 28.9 Å². The van der Waals surface area contributed by atoms with E-state index in [1.807, 2.05) is 18.3 Å². The Kier molecular flexibility index (Phi) is 4.25. The van der Waals surface area contributed by atoms with Gasteiger partial charge in [0.25, 0.3) is 0 Å². The van der Waals surface area contributed by atoms with Gasteiger partial charge in [-0.2, -0.15) is 0 Å². The van der Waals surface area contributed by atoms with Crippen molar-refractivity contribution in [3.05, 3.63) is 46.9 Å². The van der Waals surface area contributed by atoms with Crippen LogP contribution in [0, 0.1) is 29.6 Å². The highest BCUT2D eigenvalue weighted by Crippen LogP contribution is 2.53. The predicted molar refractivity (Wildman–Crippen MR) is 116 cm³/mol. The van der Waals surface area contributed by atoms with Gasteiger partial charge < -0.3 is 10.1 Å². The molecule has 2 aromatic rings. The molecule has 2 aliphatic heterocycles. The van der Waals surface area contributed by atoms with Crippen molar-refractivity contribution in [3.8, 4) is 0 Å². The van der Waals surface area contributed by atoms with Crippen LogP contribution in [0.5, 0.6) is 0 Å². The van der Waals surface area contributed by atoms with Crippen LogP contribution in [0.25, 0.3) is 16.7 Å². The summed E-state index contributed by atoms with van der Waals surface area (Å²) in [6.07, 6.45) is 10.8. The largest absolute Gasteiger partial charge is 0.481 e. The Balaban J connectivity index is 1.42. The van der Waals surface area contributed by atoms with Gasteiger partial charge in [0, 0.05) is 41.0 Å². The molecule has 31 heavy (non-hydrogen) atoms. The fourth-order valence-electron chi connectivity index (χ4n) is 6.40. The lowest BCUT2D eigenvalue weighted by Crippen LogP contribution is -2.51. The number of hydrogen-bond donors (Lipinski definition) is 2. The first-order valence-electron chi connectivity index (χ1n) is 10.8. The molecule has 2 bridgehead atoms. The van der Waals surface area contributed by atoms with Crippen molar-refractivity contribution in [1.29, 1.82) is 0 Å². The molecule has 5 aliphatic rings. The van der Waals surface area contributed by atoms with Crippen molar-refractivity contribution in [3.63, 3.8) is 0 Å². The number of aliphatic imine (C=N–C) groups is 1. The topological polar surface area (TPSA) is 81.6 Å². The van der Waals surface area contributed by atoms with E-state index in [1.54, 1.807) is 6.20 Å². The van der Waals surface area contributed by atoms with Gasteiger partial charge in [-0.3, -0.25) is 9.79 Å². The smallest absolute Gasteiger partial charge is 0.307 e. The number of H-pyrrole nitrogens is 1. The number of nitrogens with zero attached hydrogens (tertiary/aromatic N) is 3. The number of nitrogens with one attached hydrogen (secondary N) is 1. The summed E-state index contributed by atoms with van der Waals surface area (Å²) in [5.74, 6) is -0.992. The molecule has 3 aliphatic carbocycles. The molecule has 2 aromatic heterocycles. The number of aromatic nitrogens is 2. The number of rotatable bonds is 3. The molecule has 7 rings (SSSR count). The highest BCUT2D eigenvalue weighted by Gasteiger charge is 2.52. The van der Waals surface area contributed by atoms with Gasteiger partial charge >= 0.3 is 5.97 Å². The van der Waals surface area contributed by atoms with Gasteiger partial charge in [0.15, 0.2) is 0 Å². The summed E-state index contributed by atoms with van der Waals surface area (Å²) in [4.78, 5) is 24.6. The van der Waals surface area contributed by atoms with Crippen LogP contribution in [0.3, 0.4) is 0 Å². The van der Waals surface area contributed by atoms with Crippen LogP contribution in [0.2, 0.25) is 5.02 Å². The summed E-state index contributed by atoms with van der Waals surface area (Å²) in [7, 11) is 0. The minimum Gasteiger partial charge on any atom is -0.481 e. The number of halogens is 2. The van der Waals surface area contributed by atoms with Gasteiger partial charge in [0.2, 0.25) is 0 Å². The van der Waals surface area contributed by atoms with Crippen molar-refractivity contribution >= 4 is 40.0 Å². The molecule has 3 unspecified atom stereocenters. The Hall–Kier alpha value is -2.67. The summed E-state index contributed by atoms with van der Waals surface area (Å²) in [5, 5.41) is 12.1. The molecular formula is C23H22ClFN4O2. The van der Waals surface area contributed by atoms with Gasteiger partial charge in [-0.1, -0.05) is 11.6 Å². The third-order valence-corrected chi connectivity index (χ3v) is 7.84.